The summed E-state index contributed by atoms with van der Waals surface area (Å²) in [6, 6.07) is 2.65. The average molecular weight is 401 g/mol. The zero-order valence-corrected chi connectivity index (χ0v) is 18.3. The van der Waals surface area contributed by atoms with E-state index in [-0.39, 0.29) is 17.2 Å². The smallest absolute Gasteiger partial charge is 0.256 e. The van der Waals surface area contributed by atoms with Gasteiger partial charge in [-0.3, -0.25) is 4.79 Å². The first kappa shape index (κ1) is 21.6. The molecule has 2 aliphatic rings. The number of nitrogens with one attached hydrogen (secondary N) is 1. The van der Waals surface area contributed by atoms with Crippen LogP contribution in [-0.4, -0.2) is 43.1 Å². The number of halogens is 1. The van der Waals surface area contributed by atoms with Gasteiger partial charge in [0.1, 0.15) is 11.6 Å². The Morgan fingerprint density at radius 3 is 2.48 bits per heavy atom. The molecule has 1 amide bonds. The van der Waals surface area contributed by atoms with Gasteiger partial charge in [0.15, 0.2) is 0 Å². The molecule has 0 spiro atoms. The number of rotatable bonds is 6. The summed E-state index contributed by atoms with van der Waals surface area (Å²) in [5.41, 5.74) is 1.35. The van der Waals surface area contributed by atoms with Crippen molar-refractivity contribution in [1.29, 1.82) is 0 Å². The summed E-state index contributed by atoms with van der Waals surface area (Å²) in [5.74, 6) is -0.368. The zero-order chi connectivity index (χ0) is 21.2. The first-order valence-electron chi connectivity index (χ1n) is 10.5. The molecular formula is C24H33FN2O2. The number of benzene rings is 1. The third kappa shape index (κ3) is 3.73. The Morgan fingerprint density at radius 2 is 1.93 bits per heavy atom. The minimum Gasteiger partial charge on any atom is -0.496 e. The van der Waals surface area contributed by atoms with Crippen LogP contribution < -0.4 is 10.1 Å². The summed E-state index contributed by atoms with van der Waals surface area (Å²) in [4.78, 5) is 15.8. The van der Waals surface area contributed by atoms with Gasteiger partial charge < -0.3 is 15.0 Å². The summed E-state index contributed by atoms with van der Waals surface area (Å²) >= 11 is 0. The molecule has 3 rings (SSSR count). The van der Waals surface area contributed by atoms with E-state index in [0.29, 0.717) is 11.1 Å². The van der Waals surface area contributed by atoms with Crippen LogP contribution in [0.3, 0.4) is 0 Å². The van der Waals surface area contributed by atoms with Gasteiger partial charge in [-0.05, 0) is 70.8 Å². The highest BCUT2D eigenvalue weighted by molar-refractivity contribution is 5.99. The number of amides is 1. The van der Waals surface area contributed by atoms with Crippen molar-refractivity contribution in [2.45, 2.75) is 63.5 Å². The standard InChI is InChI=1S/C24H33FN2O2/c1-17-15-19(25)16-20(29-5)21(17)22(28)26-23(2,18-11-7-6-8-12-18)24(27(3)4)13-9-10-14-24/h7,11-12,15-16H,6,8-10,13-14H2,1-5H3,(H,26,28). The minimum atomic E-state index is -0.577. The predicted molar refractivity (Wildman–Crippen MR) is 115 cm³/mol. The first-order valence-corrected chi connectivity index (χ1v) is 10.5. The molecular weight excluding hydrogens is 367 g/mol. The summed E-state index contributed by atoms with van der Waals surface area (Å²) in [6.07, 6.45) is 12.9. The summed E-state index contributed by atoms with van der Waals surface area (Å²) < 4.78 is 19.2. The molecule has 1 atom stereocenters. The van der Waals surface area contributed by atoms with Crippen molar-refractivity contribution in [3.05, 3.63) is 52.9 Å². The van der Waals surface area contributed by atoms with Crippen molar-refractivity contribution in [1.82, 2.24) is 10.2 Å². The molecule has 5 heteroatoms. The largest absolute Gasteiger partial charge is 0.496 e. The van der Waals surface area contributed by atoms with Crippen LogP contribution >= 0.6 is 0 Å². The Kier molecular flexibility index (Phi) is 6.18. The maximum atomic E-state index is 13.9. The number of carbonyl (C=O) groups excluding carboxylic acids is 1. The predicted octanol–water partition coefficient (Wildman–Crippen LogP) is 4.78. The molecule has 1 fully saturated rings. The second-order valence-electron chi connectivity index (χ2n) is 8.65. The van der Waals surface area contributed by atoms with E-state index >= 15 is 0 Å². The third-order valence-corrected chi connectivity index (χ3v) is 6.86. The van der Waals surface area contributed by atoms with Crippen molar-refractivity contribution >= 4 is 5.91 Å². The number of ether oxygens (including phenoxy) is 1. The molecule has 0 bridgehead atoms. The molecule has 29 heavy (non-hydrogen) atoms. The molecule has 158 valence electrons. The lowest BCUT2D eigenvalue weighted by molar-refractivity contribution is 0.0558. The van der Waals surface area contributed by atoms with E-state index in [4.69, 9.17) is 4.74 Å². The fraction of sp³-hybridized carbons (Fsp3) is 0.542. The lowest BCUT2D eigenvalue weighted by atomic mass is 9.69. The molecule has 1 aromatic carbocycles. The molecule has 1 unspecified atom stereocenters. The minimum absolute atomic E-state index is 0.183. The molecule has 0 saturated heterocycles. The SMILES string of the molecule is COc1cc(F)cc(C)c1C(=O)NC(C)(C1=CCCC=C1)C1(N(C)C)CCCC1. The van der Waals surface area contributed by atoms with Crippen molar-refractivity contribution in [3.8, 4) is 5.75 Å². The topological polar surface area (TPSA) is 41.6 Å². The van der Waals surface area contributed by atoms with E-state index in [1.165, 1.54) is 19.2 Å². The number of allylic oxidation sites excluding steroid dienone is 2. The Hall–Kier alpha value is -2.14. The first-order chi connectivity index (χ1) is 13.7. The van der Waals surface area contributed by atoms with Crippen molar-refractivity contribution < 1.29 is 13.9 Å². The van der Waals surface area contributed by atoms with Crippen LogP contribution in [0.4, 0.5) is 4.39 Å². The molecule has 0 radical (unpaired) electrons. The van der Waals surface area contributed by atoms with E-state index in [1.54, 1.807) is 6.92 Å². The Bertz CT molecular complexity index is 838. The number of nitrogens with zero attached hydrogens (tertiary/aromatic N) is 1. The molecule has 1 saturated carbocycles. The molecule has 4 nitrogen and oxygen atoms in total. The van der Waals surface area contributed by atoms with Gasteiger partial charge in [0.25, 0.3) is 5.91 Å². The van der Waals surface area contributed by atoms with Crippen molar-refractivity contribution in [3.63, 3.8) is 0 Å². The van der Waals surface area contributed by atoms with Crippen molar-refractivity contribution in [2.75, 3.05) is 21.2 Å². The van der Waals surface area contributed by atoms with Crippen LogP contribution in [-0.2, 0) is 0 Å². The number of carbonyl (C=O) groups is 1. The van der Waals surface area contributed by atoms with E-state index in [2.05, 4.69) is 49.5 Å². The molecule has 0 aromatic heterocycles. The fourth-order valence-electron chi connectivity index (χ4n) is 5.25. The van der Waals surface area contributed by atoms with Crippen LogP contribution in [0.1, 0.15) is 61.4 Å². The second kappa shape index (κ2) is 8.31. The van der Waals surface area contributed by atoms with Gasteiger partial charge in [0.2, 0.25) is 0 Å². The number of aryl methyl sites for hydroxylation is 1. The monoisotopic (exact) mass is 400 g/mol. The van der Waals surface area contributed by atoms with Gasteiger partial charge in [0.05, 0.1) is 18.2 Å². The number of methoxy groups -OCH3 is 1. The van der Waals surface area contributed by atoms with Crippen LogP contribution in [0.25, 0.3) is 0 Å². The number of hydrogen-bond acceptors (Lipinski definition) is 3. The maximum Gasteiger partial charge on any atom is 0.256 e. The number of likely N-dealkylation sites (N-methyl/N-ethyl adjacent to an activating group) is 1. The molecule has 1 aromatic rings. The lowest BCUT2D eigenvalue weighted by Gasteiger charge is -2.52. The zero-order valence-electron chi connectivity index (χ0n) is 18.3. The summed E-state index contributed by atoms with van der Waals surface area (Å²) in [5, 5.41) is 3.38. The maximum absolute atomic E-state index is 13.9. The summed E-state index contributed by atoms with van der Waals surface area (Å²) in [7, 11) is 5.67. The van der Waals surface area contributed by atoms with E-state index < -0.39 is 11.4 Å². The number of hydrogen-bond donors (Lipinski definition) is 1. The van der Waals surface area contributed by atoms with Gasteiger partial charge in [-0.15, -0.1) is 0 Å². The van der Waals surface area contributed by atoms with Gasteiger partial charge in [0, 0.05) is 11.6 Å². The fourth-order valence-corrected chi connectivity index (χ4v) is 5.25. The Balaban J connectivity index is 2.08. The average Bonchev–Trinajstić information content (AvgIpc) is 3.19. The van der Waals surface area contributed by atoms with E-state index in [1.807, 2.05) is 0 Å². The molecule has 0 heterocycles. The Morgan fingerprint density at radius 1 is 1.24 bits per heavy atom. The lowest BCUT2D eigenvalue weighted by Crippen LogP contribution is -2.68. The second-order valence-corrected chi connectivity index (χ2v) is 8.65. The Labute approximate surface area is 173 Å². The van der Waals surface area contributed by atoms with Crippen LogP contribution in [0.2, 0.25) is 0 Å². The van der Waals surface area contributed by atoms with Crippen LogP contribution in [0, 0.1) is 12.7 Å². The molecule has 1 N–H and O–H groups in total. The highest BCUT2D eigenvalue weighted by atomic mass is 19.1. The van der Waals surface area contributed by atoms with Gasteiger partial charge in [-0.25, -0.2) is 4.39 Å². The highest BCUT2D eigenvalue weighted by Crippen LogP contribution is 2.46. The van der Waals surface area contributed by atoms with Gasteiger partial charge in [-0.2, -0.15) is 0 Å². The van der Waals surface area contributed by atoms with Crippen LogP contribution in [0.15, 0.2) is 35.9 Å². The quantitative estimate of drug-likeness (QED) is 0.747. The third-order valence-electron chi connectivity index (χ3n) is 6.86. The van der Waals surface area contributed by atoms with E-state index in [0.717, 1.165) is 44.1 Å². The normalized spacial score (nSPS) is 20.3. The highest BCUT2D eigenvalue weighted by Gasteiger charge is 2.53. The van der Waals surface area contributed by atoms with Crippen molar-refractivity contribution in [2.24, 2.45) is 0 Å². The van der Waals surface area contributed by atoms with E-state index in [9.17, 15) is 9.18 Å². The summed E-state index contributed by atoms with van der Waals surface area (Å²) in [6.45, 7) is 3.89. The molecule has 2 aliphatic carbocycles. The molecule has 0 aliphatic heterocycles. The van der Waals surface area contributed by atoms with Crippen LogP contribution in [0.5, 0.6) is 5.75 Å². The van der Waals surface area contributed by atoms with Gasteiger partial charge in [-0.1, -0.05) is 31.1 Å². The van der Waals surface area contributed by atoms with Gasteiger partial charge >= 0.3 is 0 Å².